The molecule has 0 saturated carbocycles. The summed E-state index contributed by atoms with van der Waals surface area (Å²) in [6, 6.07) is 4.28. The first-order valence-electron chi connectivity index (χ1n) is 4.14. The fraction of sp³-hybridized carbons (Fsp3) is 0.300. The van der Waals surface area contributed by atoms with Gasteiger partial charge < -0.3 is 10.5 Å². The number of nitrogens with two attached hydrogens (primary N) is 1. The van der Waals surface area contributed by atoms with E-state index in [0.29, 0.717) is 0 Å². The number of halogens is 1. The van der Waals surface area contributed by atoms with Gasteiger partial charge in [0.1, 0.15) is 0 Å². The minimum Gasteiger partial charge on any atom is -0.494 e. The van der Waals surface area contributed by atoms with Crippen LogP contribution in [0.15, 0.2) is 12.1 Å². The summed E-state index contributed by atoms with van der Waals surface area (Å²) in [6.45, 7) is 1.62. The zero-order valence-electron chi connectivity index (χ0n) is 8.04. The summed E-state index contributed by atoms with van der Waals surface area (Å²) >= 11 is 0. The molecule has 3 nitrogen and oxygen atoms in total. The van der Waals surface area contributed by atoms with E-state index in [1.54, 1.807) is 6.92 Å². The Kier molecular flexibility index (Phi) is 3.05. The van der Waals surface area contributed by atoms with Gasteiger partial charge in [-0.05, 0) is 19.1 Å². The molecule has 0 aliphatic rings. The van der Waals surface area contributed by atoms with E-state index in [4.69, 9.17) is 15.7 Å². The molecule has 2 N–H and O–H groups in total. The van der Waals surface area contributed by atoms with Gasteiger partial charge in [0.25, 0.3) is 0 Å². The van der Waals surface area contributed by atoms with E-state index in [-0.39, 0.29) is 16.9 Å². The largest absolute Gasteiger partial charge is 0.494 e. The van der Waals surface area contributed by atoms with Crippen molar-refractivity contribution >= 4 is 0 Å². The average Bonchev–Trinajstić information content (AvgIpc) is 2.16. The Balaban J connectivity index is 3.41. The van der Waals surface area contributed by atoms with Crippen molar-refractivity contribution in [3.63, 3.8) is 0 Å². The summed E-state index contributed by atoms with van der Waals surface area (Å²) in [5.74, 6) is -0.446. The molecule has 1 unspecified atom stereocenters. The third kappa shape index (κ3) is 1.68. The van der Waals surface area contributed by atoms with E-state index < -0.39 is 11.9 Å². The number of nitriles is 1. The van der Waals surface area contributed by atoms with E-state index in [9.17, 15) is 4.39 Å². The Morgan fingerprint density at radius 2 is 2.21 bits per heavy atom. The molecule has 0 saturated heterocycles. The lowest BCUT2D eigenvalue weighted by molar-refractivity contribution is 0.382. The SMILES string of the molecule is COc1ccc(C#N)c(C(C)N)c1F. The van der Waals surface area contributed by atoms with Gasteiger partial charge in [0.2, 0.25) is 0 Å². The van der Waals surface area contributed by atoms with E-state index >= 15 is 0 Å². The molecule has 1 aromatic rings. The lowest BCUT2D eigenvalue weighted by atomic mass is 10.0. The van der Waals surface area contributed by atoms with Crippen LogP contribution in [0.4, 0.5) is 4.39 Å². The number of rotatable bonds is 2. The predicted molar refractivity (Wildman–Crippen MR) is 50.3 cm³/mol. The number of hydrogen-bond acceptors (Lipinski definition) is 3. The lowest BCUT2D eigenvalue weighted by Gasteiger charge is -2.11. The first-order chi connectivity index (χ1) is 6.61. The molecule has 14 heavy (non-hydrogen) atoms. The van der Waals surface area contributed by atoms with Gasteiger partial charge in [0, 0.05) is 11.6 Å². The summed E-state index contributed by atoms with van der Waals surface area (Å²) in [5, 5.41) is 8.74. The van der Waals surface area contributed by atoms with Gasteiger partial charge in [0.15, 0.2) is 11.6 Å². The monoisotopic (exact) mass is 194 g/mol. The molecule has 0 amide bonds. The Labute approximate surface area is 81.9 Å². The molecule has 0 radical (unpaired) electrons. The van der Waals surface area contributed by atoms with Crippen molar-refractivity contribution in [2.75, 3.05) is 7.11 Å². The lowest BCUT2D eigenvalue weighted by Crippen LogP contribution is -2.10. The number of nitrogens with zero attached hydrogens (tertiary/aromatic N) is 1. The highest BCUT2D eigenvalue weighted by Crippen LogP contribution is 2.26. The molecule has 0 heterocycles. The van der Waals surface area contributed by atoms with Crippen LogP contribution in [0, 0.1) is 17.1 Å². The molecule has 0 bridgehead atoms. The van der Waals surface area contributed by atoms with Crippen LogP contribution in [0.5, 0.6) is 5.75 Å². The quantitative estimate of drug-likeness (QED) is 0.779. The third-order valence-electron chi connectivity index (χ3n) is 1.94. The van der Waals surface area contributed by atoms with Gasteiger partial charge in [-0.15, -0.1) is 0 Å². The zero-order chi connectivity index (χ0) is 10.7. The highest BCUT2D eigenvalue weighted by Gasteiger charge is 2.16. The smallest absolute Gasteiger partial charge is 0.171 e. The maximum absolute atomic E-state index is 13.6. The van der Waals surface area contributed by atoms with Crippen molar-refractivity contribution in [2.45, 2.75) is 13.0 Å². The van der Waals surface area contributed by atoms with Gasteiger partial charge >= 0.3 is 0 Å². The molecular weight excluding hydrogens is 183 g/mol. The Morgan fingerprint density at radius 1 is 1.57 bits per heavy atom. The Hall–Kier alpha value is -1.60. The van der Waals surface area contributed by atoms with Gasteiger partial charge in [0.05, 0.1) is 18.7 Å². The van der Waals surface area contributed by atoms with Crippen LogP contribution in [-0.4, -0.2) is 7.11 Å². The maximum Gasteiger partial charge on any atom is 0.171 e. The zero-order valence-corrected chi connectivity index (χ0v) is 8.04. The number of hydrogen-bond donors (Lipinski definition) is 1. The summed E-state index contributed by atoms with van der Waals surface area (Å²) in [4.78, 5) is 0. The van der Waals surface area contributed by atoms with Gasteiger partial charge in [-0.1, -0.05) is 0 Å². The Morgan fingerprint density at radius 3 is 2.64 bits per heavy atom. The average molecular weight is 194 g/mol. The first kappa shape index (κ1) is 10.5. The maximum atomic E-state index is 13.6. The van der Waals surface area contributed by atoms with Crippen LogP contribution in [0.2, 0.25) is 0 Å². The second-order valence-electron chi connectivity index (χ2n) is 2.94. The van der Waals surface area contributed by atoms with Crippen LogP contribution in [0.3, 0.4) is 0 Å². The molecule has 0 fully saturated rings. The third-order valence-corrected chi connectivity index (χ3v) is 1.94. The van der Waals surface area contributed by atoms with Crippen molar-refractivity contribution in [1.29, 1.82) is 5.26 Å². The van der Waals surface area contributed by atoms with Crippen molar-refractivity contribution < 1.29 is 9.13 Å². The molecule has 74 valence electrons. The molecular formula is C10H11FN2O. The highest BCUT2D eigenvalue weighted by molar-refractivity contribution is 5.45. The fourth-order valence-electron chi connectivity index (χ4n) is 1.27. The van der Waals surface area contributed by atoms with Crippen molar-refractivity contribution in [3.8, 4) is 11.8 Å². The number of ether oxygens (including phenoxy) is 1. The minimum atomic E-state index is -0.554. The second kappa shape index (κ2) is 4.07. The molecule has 1 aromatic carbocycles. The molecule has 1 rings (SSSR count). The number of methoxy groups -OCH3 is 1. The van der Waals surface area contributed by atoms with Crippen LogP contribution >= 0.6 is 0 Å². The first-order valence-corrected chi connectivity index (χ1v) is 4.14. The summed E-state index contributed by atoms with van der Waals surface area (Å²) < 4.78 is 18.4. The van der Waals surface area contributed by atoms with Gasteiger partial charge in [-0.25, -0.2) is 4.39 Å². The van der Waals surface area contributed by atoms with Crippen molar-refractivity contribution in [2.24, 2.45) is 5.73 Å². The second-order valence-corrected chi connectivity index (χ2v) is 2.94. The van der Waals surface area contributed by atoms with E-state index in [0.717, 1.165) is 0 Å². The predicted octanol–water partition coefficient (Wildman–Crippen LogP) is 1.73. The van der Waals surface area contributed by atoms with Crippen molar-refractivity contribution in [3.05, 3.63) is 29.1 Å². The molecule has 0 aliphatic carbocycles. The summed E-state index contributed by atoms with van der Waals surface area (Å²) in [5.41, 5.74) is 6.02. The molecule has 0 aromatic heterocycles. The van der Waals surface area contributed by atoms with E-state index in [1.165, 1.54) is 19.2 Å². The normalized spacial score (nSPS) is 11.9. The summed E-state index contributed by atoms with van der Waals surface area (Å²) in [6.07, 6.45) is 0. The van der Waals surface area contributed by atoms with E-state index in [2.05, 4.69) is 0 Å². The Bertz CT molecular complexity index is 382. The standard InChI is InChI=1S/C10H11FN2O/c1-6(13)9-7(5-12)3-4-8(14-2)10(9)11/h3-4,6H,13H2,1-2H3. The van der Waals surface area contributed by atoms with Crippen molar-refractivity contribution in [1.82, 2.24) is 0 Å². The van der Waals surface area contributed by atoms with Crippen LogP contribution in [-0.2, 0) is 0 Å². The van der Waals surface area contributed by atoms with E-state index in [1.807, 2.05) is 6.07 Å². The molecule has 0 spiro atoms. The molecule has 4 heteroatoms. The highest BCUT2D eigenvalue weighted by atomic mass is 19.1. The topological polar surface area (TPSA) is 59.0 Å². The number of benzene rings is 1. The van der Waals surface area contributed by atoms with Gasteiger partial charge in [-0.2, -0.15) is 5.26 Å². The van der Waals surface area contributed by atoms with Crippen LogP contribution in [0.25, 0.3) is 0 Å². The molecule has 1 atom stereocenters. The minimum absolute atomic E-state index is 0.108. The van der Waals surface area contributed by atoms with Gasteiger partial charge in [-0.3, -0.25) is 0 Å². The fourth-order valence-corrected chi connectivity index (χ4v) is 1.27. The van der Waals surface area contributed by atoms with Crippen LogP contribution < -0.4 is 10.5 Å². The molecule has 0 aliphatic heterocycles. The summed E-state index contributed by atoms with van der Waals surface area (Å²) in [7, 11) is 1.37. The van der Waals surface area contributed by atoms with Crippen LogP contribution in [0.1, 0.15) is 24.1 Å².